The number of nitrogens with one attached hydrogen (secondary N) is 2. The Balaban J connectivity index is 1.40. The van der Waals surface area contributed by atoms with E-state index in [1.807, 2.05) is 13.8 Å². The van der Waals surface area contributed by atoms with Crippen LogP contribution in [0.1, 0.15) is 64.2 Å². The first-order valence-electron chi connectivity index (χ1n) is 13.2. The molecule has 2 saturated carbocycles. The maximum Gasteiger partial charge on any atom is 0.251 e. The fourth-order valence-corrected chi connectivity index (χ4v) is 5.72. The average molecular weight is 531 g/mol. The molecule has 1 unspecified atom stereocenters. The van der Waals surface area contributed by atoms with Crippen LogP contribution >= 0.6 is 0 Å². The maximum absolute atomic E-state index is 13.2. The largest absolute Gasteiger partial charge is 0.495 e. The van der Waals surface area contributed by atoms with E-state index in [1.54, 1.807) is 36.3 Å². The van der Waals surface area contributed by atoms with Crippen molar-refractivity contribution >= 4 is 29.0 Å². The number of aliphatic hydroxyl groups is 1. The van der Waals surface area contributed by atoms with Crippen molar-refractivity contribution in [3.05, 3.63) is 30.0 Å². The molecule has 9 nitrogen and oxygen atoms in total. The van der Waals surface area contributed by atoms with Crippen LogP contribution in [-0.4, -0.2) is 59.7 Å². The molecule has 11 heteroatoms. The number of alkyl halides is 2. The zero-order chi connectivity index (χ0) is 27.2. The predicted octanol–water partition coefficient (Wildman–Crippen LogP) is 4.36. The van der Waals surface area contributed by atoms with Crippen LogP contribution in [0.4, 0.5) is 31.9 Å². The van der Waals surface area contributed by atoms with Gasteiger partial charge >= 0.3 is 0 Å². The molecule has 2 aromatic rings. The third kappa shape index (κ3) is 5.13. The first-order valence-corrected chi connectivity index (χ1v) is 13.2. The Kier molecular flexibility index (Phi) is 6.93. The molecule has 0 radical (unpaired) electrons. The van der Waals surface area contributed by atoms with Crippen LogP contribution in [0, 0.1) is 5.41 Å². The van der Waals surface area contributed by atoms with E-state index in [2.05, 4.69) is 20.5 Å². The number of hydrogen-bond acceptors (Lipinski definition) is 8. The second kappa shape index (κ2) is 9.92. The van der Waals surface area contributed by atoms with Crippen LogP contribution in [0.3, 0.4) is 0 Å². The average Bonchev–Trinajstić information content (AvgIpc) is 3.38. The Morgan fingerprint density at radius 3 is 2.58 bits per heavy atom. The van der Waals surface area contributed by atoms with Crippen molar-refractivity contribution in [2.24, 2.45) is 5.41 Å². The number of aromatic nitrogens is 2. The molecule has 1 amide bonds. The Labute approximate surface area is 221 Å². The number of aliphatic hydroxyl groups excluding tert-OH is 1. The monoisotopic (exact) mass is 530 g/mol. The first-order chi connectivity index (χ1) is 18.0. The van der Waals surface area contributed by atoms with Gasteiger partial charge in [-0.2, -0.15) is 4.98 Å². The van der Waals surface area contributed by atoms with Crippen molar-refractivity contribution in [3.8, 4) is 5.75 Å². The molecule has 1 aromatic carbocycles. The van der Waals surface area contributed by atoms with Gasteiger partial charge < -0.3 is 25.0 Å². The quantitative estimate of drug-likeness (QED) is 0.454. The Morgan fingerprint density at radius 1 is 1.21 bits per heavy atom. The normalized spacial score (nSPS) is 22.0. The Morgan fingerprint density at radius 2 is 1.92 bits per heavy atom. The molecule has 1 aliphatic heterocycles. The summed E-state index contributed by atoms with van der Waals surface area (Å²) in [5.41, 5.74) is 1.19. The standard InChI is InChI=1S/C27H36F2N6O3/c1-26(2)15-35(18-7-5-6-8-18)22-20(34(3)24(26)37)14-30-25(33-22)32-19-10-9-16(11-21(19)38-4)23(36)31-17-12-27(28,29)13-17/h9-11,14,17-18,23,31,36H,5-8,12-13,15H2,1-4H3,(H,30,32,33). The third-order valence-corrected chi connectivity index (χ3v) is 7.87. The number of hydrogen-bond donors (Lipinski definition) is 3. The van der Waals surface area contributed by atoms with Gasteiger partial charge in [0.05, 0.1) is 24.4 Å². The SMILES string of the molecule is COc1cc(C(O)NC2CC(F)(F)C2)ccc1Nc1ncc2c(n1)N(C1CCCC1)CC(C)(C)C(=O)N2C. The molecule has 3 aliphatic rings. The first kappa shape index (κ1) is 26.6. The van der Waals surface area contributed by atoms with Gasteiger partial charge in [-0.1, -0.05) is 18.9 Å². The number of nitrogens with zero attached hydrogens (tertiary/aromatic N) is 4. The number of methoxy groups -OCH3 is 1. The predicted molar refractivity (Wildman–Crippen MR) is 141 cm³/mol. The molecule has 38 heavy (non-hydrogen) atoms. The van der Waals surface area contributed by atoms with Crippen molar-refractivity contribution in [2.75, 3.05) is 35.8 Å². The van der Waals surface area contributed by atoms with E-state index in [9.17, 15) is 18.7 Å². The highest BCUT2D eigenvalue weighted by Gasteiger charge is 2.46. The lowest BCUT2D eigenvalue weighted by Crippen LogP contribution is -2.49. The molecule has 0 saturated heterocycles. The highest BCUT2D eigenvalue weighted by molar-refractivity contribution is 6.00. The molecule has 2 aliphatic carbocycles. The number of anilines is 4. The molecule has 1 aromatic heterocycles. The fraction of sp³-hybridized carbons (Fsp3) is 0.593. The number of amides is 1. The summed E-state index contributed by atoms with van der Waals surface area (Å²) in [5.74, 6) is -1.11. The lowest BCUT2D eigenvalue weighted by molar-refractivity contribution is -0.125. The van der Waals surface area contributed by atoms with Crippen LogP contribution < -0.4 is 25.2 Å². The van der Waals surface area contributed by atoms with Crippen molar-refractivity contribution in [2.45, 2.75) is 76.6 Å². The number of carbonyl (C=O) groups excluding carboxylic acids is 1. The molecule has 5 rings (SSSR count). The second-order valence-corrected chi connectivity index (χ2v) is 11.3. The van der Waals surface area contributed by atoms with Gasteiger partial charge in [0.15, 0.2) is 5.82 Å². The molecule has 0 spiro atoms. The van der Waals surface area contributed by atoms with E-state index in [0.29, 0.717) is 41.2 Å². The molecular formula is C27H36F2N6O3. The molecule has 2 heterocycles. The van der Waals surface area contributed by atoms with Crippen LogP contribution in [0.15, 0.2) is 24.4 Å². The second-order valence-electron chi connectivity index (χ2n) is 11.3. The zero-order valence-corrected chi connectivity index (χ0v) is 22.3. The summed E-state index contributed by atoms with van der Waals surface area (Å²) in [4.78, 5) is 26.5. The number of benzene rings is 1. The molecule has 2 fully saturated rings. The zero-order valence-electron chi connectivity index (χ0n) is 22.3. The van der Waals surface area contributed by atoms with E-state index in [-0.39, 0.29) is 18.7 Å². The van der Waals surface area contributed by atoms with Gasteiger partial charge in [0.1, 0.15) is 17.7 Å². The number of rotatable bonds is 7. The van der Waals surface area contributed by atoms with Gasteiger partial charge in [-0.3, -0.25) is 10.1 Å². The molecule has 1 atom stereocenters. The number of fused-ring (bicyclic) bond motifs is 1. The minimum atomic E-state index is -2.66. The van der Waals surface area contributed by atoms with Crippen LogP contribution in [-0.2, 0) is 4.79 Å². The third-order valence-electron chi connectivity index (χ3n) is 7.87. The minimum absolute atomic E-state index is 0.0265. The lowest BCUT2D eigenvalue weighted by atomic mass is 9.88. The number of ether oxygens (including phenoxy) is 1. The summed E-state index contributed by atoms with van der Waals surface area (Å²) in [6, 6.07) is 4.96. The van der Waals surface area contributed by atoms with Crippen LogP contribution in [0.5, 0.6) is 5.75 Å². The summed E-state index contributed by atoms with van der Waals surface area (Å²) in [6.07, 6.45) is 4.44. The van der Waals surface area contributed by atoms with Gasteiger partial charge in [-0.05, 0) is 44.4 Å². The van der Waals surface area contributed by atoms with E-state index in [4.69, 9.17) is 9.72 Å². The van der Waals surface area contributed by atoms with Gasteiger partial charge in [0, 0.05) is 38.5 Å². The highest BCUT2D eigenvalue weighted by Crippen LogP contribution is 2.41. The van der Waals surface area contributed by atoms with E-state index >= 15 is 0 Å². The smallest absolute Gasteiger partial charge is 0.251 e. The van der Waals surface area contributed by atoms with Crippen molar-refractivity contribution in [3.63, 3.8) is 0 Å². The van der Waals surface area contributed by atoms with Crippen molar-refractivity contribution in [1.82, 2.24) is 15.3 Å². The maximum atomic E-state index is 13.2. The number of carbonyl (C=O) groups is 1. The Bertz CT molecular complexity index is 1200. The van der Waals surface area contributed by atoms with Crippen molar-refractivity contribution < 1.29 is 23.4 Å². The van der Waals surface area contributed by atoms with Crippen molar-refractivity contribution in [1.29, 1.82) is 0 Å². The van der Waals surface area contributed by atoms with E-state index in [0.717, 1.165) is 31.5 Å². The summed E-state index contributed by atoms with van der Waals surface area (Å²) < 4.78 is 31.8. The highest BCUT2D eigenvalue weighted by atomic mass is 19.3. The minimum Gasteiger partial charge on any atom is -0.495 e. The van der Waals surface area contributed by atoms with Crippen LogP contribution in [0.25, 0.3) is 0 Å². The van der Waals surface area contributed by atoms with E-state index < -0.39 is 23.6 Å². The van der Waals surface area contributed by atoms with Crippen LogP contribution in [0.2, 0.25) is 0 Å². The summed E-state index contributed by atoms with van der Waals surface area (Å²) in [7, 11) is 3.28. The fourth-order valence-electron chi connectivity index (χ4n) is 5.72. The van der Waals surface area contributed by atoms with Gasteiger partial charge in [-0.15, -0.1) is 0 Å². The summed E-state index contributed by atoms with van der Waals surface area (Å²) >= 11 is 0. The van der Waals surface area contributed by atoms with Gasteiger partial charge in [-0.25, -0.2) is 13.8 Å². The molecule has 206 valence electrons. The molecular weight excluding hydrogens is 494 g/mol. The summed E-state index contributed by atoms with van der Waals surface area (Å²) in [6.45, 7) is 4.51. The van der Waals surface area contributed by atoms with E-state index in [1.165, 1.54) is 7.11 Å². The van der Waals surface area contributed by atoms with Gasteiger partial charge in [0.25, 0.3) is 5.92 Å². The topological polar surface area (TPSA) is 103 Å². The number of halogens is 2. The summed E-state index contributed by atoms with van der Waals surface area (Å²) in [5, 5.41) is 16.6. The van der Waals surface area contributed by atoms with Gasteiger partial charge in [0.2, 0.25) is 11.9 Å². The Hall–Kier alpha value is -3.05. The molecule has 0 bridgehead atoms. The molecule has 3 N–H and O–H groups in total. The lowest BCUT2D eigenvalue weighted by Gasteiger charge is -2.37.